The molecule has 1 heterocycles. The van der Waals surface area contributed by atoms with Crippen LogP contribution < -0.4 is 10.6 Å². The molecule has 0 atom stereocenters. The Morgan fingerprint density at radius 3 is 2.20 bits per heavy atom. The molecule has 1 aromatic rings. The summed E-state index contributed by atoms with van der Waals surface area (Å²) in [5, 5.41) is 6.13. The van der Waals surface area contributed by atoms with E-state index in [-0.39, 0.29) is 30.2 Å². The van der Waals surface area contributed by atoms with Crippen LogP contribution in [0.5, 0.6) is 0 Å². The molecule has 1 saturated carbocycles. The van der Waals surface area contributed by atoms with Crippen molar-refractivity contribution in [2.24, 2.45) is 0 Å². The Kier molecular flexibility index (Phi) is 5.89. The normalized spacial score (nSPS) is 19.0. The molecule has 2 fully saturated rings. The first kappa shape index (κ1) is 17.7. The van der Waals surface area contributed by atoms with Crippen LogP contribution in [0.4, 0.5) is 9.18 Å². The second kappa shape index (κ2) is 8.32. The van der Waals surface area contributed by atoms with Crippen molar-refractivity contribution in [3.05, 3.63) is 35.6 Å². The van der Waals surface area contributed by atoms with E-state index >= 15 is 0 Å². The maximum absolute atomic E-state index is 12.9. The SMILES string of the molecule is O=C(Cc1ccc(F)cc1)NC1CCN(C(=O)NC2CCCC2)CC1. The van der Waals surface area contributed by atoms with E-state index in [9.17, 15) is 14.0 Å². The van der Waals surface area contributed by atoms with Gasteiger partial charge in [0.15, 0.2) is 0 Å². The highest BCUT2D eigenvalue weighted by atomic mass is 19.1. The molecule has 25 heavy (non-hydrogen) atoms. The van der Waals surface area contributed by atoms with Gasteiger partial charge in [-0.3, -0.25) is 4.79 Å². The molecule has 2 aliphatic rings. The van der Waals surface area contributed by atoms with Gasteiger partial charge in [-0.05, 0) is 43.4 Å². The Hall–Kier alpha value is -2.11. The molecule has 136 valence electrons. The van der Waals surface area contributed by atoms with Gasteiger partial charge in [0, 0.05) is 25.2 Å². The molecule has 1 aliphatic carbocycles. The van der Waals surface area contributed by atoms with Crippen molar-refractivity contribution in [2.45, 2.75) is 57.0 Å². The van der Waals surface area contributed by atoms with E-state index in [1.807, 2.05) is 4.90 Å². The van der Waals surface area contributed by atoms with Crippen LogP contribution in [0.25, 0.3) is 0 Å². The number of hydrogen-bond donors (Lipinski definition) is 2. The third kappa shape index (κ3) is 5.18. The lowest BCUT2D eigenvalue weighted by Gasteiger charge is -2.33. The second-order valence-electron chi connectivity index (χ2n) is 7.06. The van der Waals surface area contributed by atoms with Crippen LogP contribution in [0.3, 0.4) is 0 Å². The number of carbonyl (C=O) groups excluding carboxylic acids is 2. The molecule has 6 heteroatoms. The molecule has 1 aliphatic heterocycles. The first-order valence-corrected chi connectivity index (χ1v) is 9.19. The van der Waals surface area contributed by atoms with Crippen LogP contribution >= 0.6 is 0 Å². The van der Waals surface area contributed by atoms with Gasteiger partial charge >= 0.3 is 6.03 Å². The highest BCUT2D eigenvalue weighted by Crippen LogP contribution is 2.18. The van der Waals surface area contributed by atoms with Crippen LogP contribution in [0, 0.1) is 5.82 Å². The Labute approximate surface area is 148 Å². The van der Waals surface area contributed by atoms with Crippen LogP contribution in [-0.4, -0.2) is 42.0 Å². The summed E-state index contributed by atoms with van der Waals surface area (Å²) in [5.74, 6) is -0.354. The first-order chi connectivity index (χ1) is 12.1. The molecule has 3 rings (SSSR count). The molecule has 1 saturated heterocycles. The summed E-state index contributed by atoms with van der Waals surface area (Å²) in [6.45, 7) is 1.33. The van der Waals surface area contributed by atoms with Gasteiger partial charge in [-0.1, -0.05) is 25.0 Å². The van der Waals surface area contributed by atoms with Gasteiger partial charge in [0.2, 0.25) is 5.91 Å². The lowest BCUT2D eigenvalue weighted by molar-refractivity contribution is -0.121. The van der Waals surface area contributed by atoms with Gasteiger partial charge in [0.25, 0.3) is 0 Å². The molecule has 2 N–H and O–H groups in total. The fraction of sp³-hybridized carbons (Fsp3) is 0.579. The van der Waals surface area contributed by atoms with Gasteiger partial charge in [-0.2, -0.15) is 0 Å². The van der Waals surface area contributed by atoms with E-state index in [1.54, 1.807) is 12.1 Å². The summed E-state index contributed by atoms with van der Waals surface area (Å²) in [5.41, 5.74) is 0.798. The lowest BCUT2D eigenvalue weighted by Crippen LogP contribution is -2.51. The molecular formula is C19H26FN3O2. The minimum absolute atomic E-state index is 0.0305. The zero-order chi connectivity index (χ0) is 17.6. The highest BCUT2D eigenvalue weighted by Gasteiger charge is 2.26. The van der Waals surface area contributed by atoms with E-state index < -0.39 is 0 Å². The van der Waals surface area contributed by atoms with Crippen LogP contribution in [0.1, 0.15) is 44.1 Å². The summed E-state index contributed by atoms with van der Waals surface area (Å²) in [6.07, 6.45) is 6.37. The molecule has 0 aromatic heterocycles. The fourth-order valence-corrected chi connectivity index (χ4v) is 3.63. The monoisotopic (exact) mass is 347 g/mol. The number of rotatable bonds is 4. The first-order valence-electron chi connectivity index (χ1n) is 9.19. The minimum atomic E-state index is -0.299. The Balaban J connectivity index is 1.38. The molecule has 0 unspecified atom stereocenters. The number of urea groups is 1. The van der Waals surface area contributed by atoms with Gasteiger partial charge in [0.05, 0.1) is 6.42 Å². The van der Waals surface area contributed by atoms with Crippen molar-refractivity contribution in [1.82, 2.24) is 15.5 Å². The van der Waals surface area contributed by atoms with Crippen molar-refractivity contribution in [1.29, 1.82) is 0 Å². The fourth-order valence-electron chi connectivity index (χ4n) is 3.63. The third-order valence-corrected chi connectivity index (χ3v) is 5.11. The Bertz CT molecular complexity index is 591. The average Bonchev–Trinajstić information content (AvgIpc) is 3.10. The number of carbonyl (C=O) groups is 2. The van der Waals surface area contributed by atoms with Crippen molar-refractivity contribution < 1.29 is 14.0 Å². The molecular weight excluding hydrogens is 321 g/mol. The summed E-state index contributed by atoms with van der Waals surface area (Å²) >= 11 is 0. The van der Waals surface area contributed by atoms with Crippen molar-refractivity contribution in [2.75, 3.05) is 13.1 Å². The number of nitrogens with zero attached hydrogens (tertiary/aromatic N) is 1. The predicted molar refractivity (Wildman–Crippen MR) is 93.6 cm³/mol. The van der Waals surface area contributed by atoms with Crippen LogP contribution in [-0.2, 0) is 11.2 Å². The van der Waals surface area contributed by atoms with Crippen LogP contribution in [0.15, 0.2) is 24.3 Å². The number of hydrogen-bond acceptors (Lipinski definition) is 2. The standard InChI is InChI=1S/C19H26FN3O2/c20-15-7-5-14(6-8-15)13-18(24)21-17-9-11-23(12-10-17)19(25)22-16-3-1-2-4-16/h5-8,16-17H,1-4,9-13H2,(H,21,24)(H,22,25). The maximum Gasteiger partial charge on any atom is 0.317 e. The zero-order valence-corrected chi connectivity index (χ0v) is 14.5. The summed E-state index contributed by atoms with van der Waals surface area (Å²) in [6, 6.07) is 6.45. The Morgan fingerprint density at radius 2 is 1.56 bits per heavy atom. The van der Waals surface area contributed by atoms with Crippen molar-refractivity contribution >= 4 is 11.9 Å². The number of amides is 3. The molecule has 3 amide bonds. The van der Waals surface area contributed by atoms with Crippen molar-refractivity contribution in [3.63, 3.8) is 0 Å². The smallest absolute Gasteiger partial charge is 0.317 e. The number of likely N-dealkylation sites (tertiary alicyclic amines) is 1. The summed E-state index contributed by atoms with van der Waals surface area (Å²) < 4.78 is 12.9. The Morgan fingerprint density at radius 1 is 0.960 bits per heavy atom. The number of halogens is 1. The van der Waals surface area contributed by atoms with Crippen LogP contribution in [0.2, 0.25) is 0 Å². The molecule has 1 aromatic carbocycles. The molecule has 5 nitrogen and oxygen atoms in total. The molecule has 0 spiro atoms. The van der Waals surface area contributed by atoms with Gasteiger partial charge in [0.1, 0.15) is 5.82 Å². The number of nitrogens with one attached hydrogen (secondary N) is 2. The zero-order valence-electron chi connectivity index (χ0n) is 14.5. The average molecular weight is 347 g/mol. The summed E-state index contributed by atoms with van der Waals surface area (Å²) in [4.78, 5) is 26.2. The largest absolute Gasteiger partial charge is 0.353 e. The van der Waals surface area contributed by atoms with Gasteiger partial charge in [-0.15, -0.1) is 0 Å². The maximum atomic E-state index is 12.9. The predicted octanol–water partition coefficient (Wildman–Crippen LogP) is 2.60. The number of benzene rings is 1. The number of piperidine rings is 1. The topological polar surface area (TPSA) is 61.4 Å². The van der Waals surface area contributed by atoms with E-state index in [0.717, 1.165) is 31.2 Å². The van der Waals surface area contributed by atoms with E-state index in [2.05, 4.69) is 10.6 Å². The summed E-state index contributed by atoms with van der Waals surface area (Å²) in [7, 11) is 0. The van der Waals surface area contributed by atoms with E-state index in [0.29, 0.717) is 19.1 Å². The lowest BCUT2D eigenvalue weighted by atomic mass is 10.0. The van der Waals surface area contributed by atoms with Gasteiger partial charge in [-0.25, -0.2) is 9.18 Å². The third-order valence-electron chi connectivity index (χ3n) is 5.11. The highest BCUT2D eigenvalue weighted by molar-refractivity contribution is 5.79. The quantitative estimate of drug-likeness (QED) is 0.879. The van der Waals surface area contributed by atoms with Crippen molar-refractivity contribution in [3.8, 4) is 0 Å². The van der Waals surface area contributed by atoms with E-state index in [4.69, 9.17) is 0 Å². The van der Waals surface area contributed by atoms with E-state index in [1.165, 1.54) is 25.0 Å². The molecule has 0 bridgehead atoms. The van der Waals surface area contributed by atoms with Gasteiger partial charge < -0.3 is 15.5 Å². The minimum Gasteiger partial charge on any atom is -0.353 e. The second-order valence-corrected chi connectivity index (χ2v) is 7.06. The molecule has 0 radical (unpaired) electrons.